The van der Waals surface area contributed by atoms with E-state index in [9.17, 15) is 10.1 Å². The Kier molecular flexibility index (Phi) is 5.13. The van der Waals surface area contributed by atoms with Crippen molar-refractivity contribution in [3.8, 4) is 17.1 Å². The predicted octanol–water partition coefficient (Wildman–Crippen LogP) is 4.74. The molecule has 0 bridgehead atoms. The standard InChI is InChI=1S/C20H17N5O3S/c1-13-6-7-17(14(2)10-13)24-9-8-21-20(24)29-12-18-22-19(23-28-18)15-4-3-5-16(11-15)25(26)27/h3-11H,12H2,1-2H3. The first-order valence-corrected chi connectivity index (χ1v) is 9.81. The molecule has 0 amide bonds. The fourth-order valence-corrected chi connectivity index (χ4v) is 3.77. The fourth-order valence-electron chi connectivity index (χ4n) is 2.97. The van der Waals surface area contributed by atoms with E-state index < -0.39 is 4.92 Å². The minimum atomic E-state index is -0.451. The van der Waals surface area contributed by atoms with E-state index >= 15 is 0 Å². The van der Waals surface area contributed by atoms with Crippen molar-refractivity contribution < 1.29 is 9.45 Å². The fraction of sp³-hybridized carbons (Fsp3) is 0.150. The molecule has 0 unspecified atom stereocenters. The van der Waals surface area contributed by atoms with Crippen LogP contribution in [-0.4, -0.2) is 24.6 Å². The minimum Gasteiger partial charge on any atom is -0.338 e. The van der Waals surface area contributed by atoms with Crippen molar-refractivity contribution in [1.29, 1.82) is 0 Å². The molecule has 29 heavy (non-hydrogen) atoms. The van der Waals surface area contributed by atoms with Gasteiger partial charge in [-0.25, -0.2) is 4.98 Å². The van der Waals surface area contributed by atoms with Gasteiger partial charge in [-0.05, 0) is 25.5 Å². The largest absolute Gasteiger partial charge is 0.338 e. The zero-order valence-corrected chi connectivity index (χ0v) is 16.6. The molecule has 0 N–H and O–H groups in total. The average molecular weight is 407 g/mol. The van der Waals surface area contributed by atoms with E-state index in [1.807, 2.05) is 10.8 Å². The van der Waals surface area contributed by atoms with E-state index in [2.05, 4.69) is 47.2 Å². The van der Waals surface area contributed by atoms with Crippen molar-refractivity contribution in [2.45, 2.75) is 24.8 Å². The summed E-state index contributed by atoms with van der Waals surface area (Å²) >= 11 is 1.48. The van der Waals surface area contributed by atoms with Gasteiger partial charge in [-0.3, -0.25) is 14.7 Å². The van der Waals surface area contributed by atoms with E-state index in [0.717, 1.165) is 16.4 Å². The van der Waals surface area contributed by atoms with Gasteiger partial charge in [0.15, 0.2) is 5.16 Å². The Morgan fingerprint density at radius 1 is 1.21 bits per heavy atom. The van der Waals surface area contributed by atoms with Crippen LogP contribution in [0, 0.1) is 24.0 Å². The van der Waals surface area contributed by atoms with Gasteiger partial charge in [-0.2, -0.15) is 4.98 Å². The molecule has 0 aliphatic rings. The molecule has 0 saturated heterocycles. The van der Waals surface area contributed by atoms with E-state index in [0.29, 0.717) is 23.0 Å². The molecule has 0 radical (unpaired) electrons. The van der Waals surface area contributed by atoms with Crippen LogP contribution in [0.25, 0.3) is 17.1 Å². The van der Waals surface area contributed by atoms with Crippen LogP contribution in [-0.2, 0) is 5.75 Å². The van der Waals surface area contributed by atoms with E-state index in [1.54, 1.807) is 18.3 Å². The Balaban J connectivity index is 1.51. The summed E-state index contributed by atoms with van der Waals surface area (Å²) in [5.41, 5.74) is 3.96. The normalized spacial score (nSPS) is 11.0. The molecule has 9 heteroatoms. The van der Waals surface area contributed by atoms with Gasteiger partial charge in [0.1, 0.15) is 0 Å². The number of imidazole rings is 1. The second-order valence-electron chi connectivity index (χ2n) is 6.48. The Hall–Kier alpha value is -3.46. The summed E-state index contributed by atoms with van der Waals surface area (Å²) in [6.07, 6.45) is 3.67. The van der Waals surface area contributed by atoms with Gasteiger partial charge in [-0.15, -0.1) is 0 Å². The van der Waals surface area contributed by atoms with Crippen LogP contribution in [0.15, 0.2) is 64.5 Å². The Bertz CT molecular complexity index is 1180. The number of nitro groups is 1. The highest BCUT2D eigenvalue weighted by atomic mass is 32.2. The third-order valence-corrected chi connectivity index (χ3v) is 5.28. The number of nitro benzene ring substituents is 1. The number of aryl methyl sites for hydroxylation is 2. The summed E-state index contributed by atoms with van der Waals surface area (Å²) in [7, 11) is 0. The lowest BCUT2D eigenvalue weighted by molar-refractivity contribution is -0.384. The third kappa shape index (κ3) is 4.04. The van der Waals surface area contributed by atoms with Crippen LogP contribution in [0.1, 0.15) is 17.0 Å². The van der Waals surface area contributed by atoms with Crippen LogP contribution in [0.4, 0.5) is 5.69 Å². The van der Waals surface area contributed by atoms with Gasteiger partial charge in [0.05, 0.1) is 16.4 Å². The van der Waals surface area contributed by atoms with Gasteiger partial charge >= 0.3 is 0 Å². The number of non-ortho nitro benzene ring substituents is 1. The number of aromatic nitrogens is 4. The first-order valence-electron chi connectivity index (χ1n) is 8.82. The van der Waals surface area contributed by atoms with Crippen molar-refractivity contribution in [1.82, 2.24) is 19.7 Å². The van der Waals surface area contributed by atoms with Crippen molar-refractivity contribution in [3.63, 3.8) is 0 Å². The third-order valence-electron chi connectivity index (χ3n) is 4.33. The SMILES string of the molecule is Cc1ccc(-n2ccnc2SCc2nc(-c3cccc([N+](=O)[O-])c3)no2)c(C)c1. The van der Waals surface area contributed by atoms with E-state index in [-0.39, 0.29) is 5.69 Å². The molecule has 2 aromatic carbocycles. The Morgan fingerprint density at radius 3 is 2.86 bits per heavy atom. The smallest absolute Gasteiger partial charge is 0.270 e. The topological polar surface area (TPSA) is 99.9 Å². The van der Waals surface area contributed by atoms with Gasteiger partial charge in [0, 0.05) is 30.1 Å². The zero-order chi connectivity index (χ0) is 20.4. The average Bonchev–Trinajstić information content (AvgIpc) is 3.36. The number of nitrogens with zero attached hydrogens (tertiary/aromatic N) is 5. The molecule has 0 saturated carbocycles. The maximum absolute atomic E-state index is 10.9. The number of hydrogen-bond donors (Lipinski definition) is 0. The number of benzene rings is 2. The maximum Gasteiger partial charge on any atom is 0.270 e. The van der Waals surface area contributed by atoms with Crippen molar-refractivity contribution in [2.75, 3.05) is 0 Å². The van der Waals surface area contributed by atoms with Gasteiger partial charge in [0.2, 0.25) is 11.7 Å². The second kappa shape index (κ2) is 7.88. The van der Waals surface area contributed by atoms with Gasteiger partial charge in [-0.1, -0.05) is 46.7 Å². The summed E-state index contributed by atoms with van der Waals surface area (Å²) in [6.45, 7) is 4.13. The molecule has 8 nitrogen and oxygen atoms in total. The molecule has 0 aliphatic heterocycles. The first kappa shape index (κ1) is 18.9. The molecule has 146 valence electrons. The monoisotopic (exact) mass is 407 g/mol. The van der Waals surface area contributed by atoms with Crippen LogP contribution in [0.2, 0.25) is 0 Å². The van der Waals surface area contributed by atoms with Crippen molar-refractivity contribution >= 4 is 17.4 Å². The minimum absolute atomic E-state index is 0.0151. The molecule has 0 aliphatic carbocycles. The molecular weight excluding hydrogens is 390 g/mol. The lowest BCUT2D eigenvalue weighted by Crippen LogP contribution is -1.98. The van der Waals surface area contributed by atoms with Crippen LogP contribution < -0.4 is 0 Å². The first-order chi connectivity index (χ1) is 14.0. The highest BCUT2D eigenvalue weighted by Crippen LogP contribution is 2.27. The van der Waals surface area contributed by atoms with Crippen LogP contribution in [0.5, 0.6) is 0 Å². The summed E-state index contributed by atoms with van der Waals surface area (Å²) in [4.78, 5) is 19.3. The number of thioether (sulfide) groups is 1. The molecule has 0 atom stereocenters. The number of rotatable bonds is 6. The van der Waals surface area contributed by atoms with Gasteiger partial charge in [0.25, 0.3) is 5.69 Å². The molecule has 4 rings (SSSR count). The van der Waals surface area contributed by atoms with Crippen LogP contribution in [0.3, 0.4) is 0 Å². The molecule has 2 heterocycles. The highest BCUT2D eigenvalue weighted by molar-refractivity contribution is 7.98. The Morgan fingerprint density at radius 2 is 2.07 bits per heavy atom. The van der Waals surface area contributed by atoms with Gasteiger partial charge < -0.3 is 4.52 Å². The molecule has 0 fully saturated rings. The second-order valence-corrected chi connectivity index (χ2v) is 7.42. The lowest BCUT2D eigenvalue weighted by Gasteiger charge is -2.10. The van der Waals surface area contributed by atoms with E-state index in [1.165, 1.54) is 29.5 Å². The summed E-state index contributed by atoms with van der Waals surface area (Å²) in [5.74, 6) is 1.18. The highest BCUT2D eigenvalue weighted by Gasteiger charge is 2.14. The molecule has 0 spiro atoms. The maximum atomic E-state index is 10.9. The molecular formula is C20H17N5O3S. The van der Waals surface area contributed by atoms with Crippen molar-refractivity contribution in [2.24, 2.45) is 0 Å². The zero-order valence-electron chi connectivity index (χ0n) is 15.8. The van der Waals surface area contributed by atoms with Crippen LogP contribution >= 0.6 is 11.8 Å². The number of hydrogen-bond acceptors (Lipinski definition) is 7. The Labute approximate surface area is 170 Å². The summed E-state index contributed by atoms with van der Waals surface area (Å²) in [6, 6.07) is 12.4. The van der Waals surface area contributed by atoms with E-state index in [4.69, 9.17) is 4.52 Å². The summed E-state index contributed by atoms with van der Waals surface area (Å²) in [5, 5.41) is 15.7. The molecule has 2 aromatic heterocycles. The molecule has 4 aromatic rings. The predicted molar refractivity (Wildman–Crippen MR) is 109 cm³/mol. The van der Waals surface area contributed by atoms with Crippen molar-refractivity contribution in [3.05, 3.63) is 82.0 Å². The quantitative estimate of drug-likeness (QED) is 0.258. The summed E-state index contributed by atoms with van der Waals surface area (Å²) < 4.78 is 7.34. The lowest BCUT2D eigenvalue weighted by atomic mass is 10.1.